The first-order valence-electron chi connectivity index (χ1n) is 5.75. The molecule has 0 bridgehead atoms. The summed E-state index contributed by atoms with van der Waals surface area (Å²) < 4.78 is 0. The van der Waals surface area contributed by atoms with Gasteiger partial charge in [-0.15, -0.1) is 11.8 Å². The molecule has 1 nitrogen and oxygen atoms in total. The molecule has 90 valence electrons. The van der Waals surface area contributed by atoms with Gasteiger partial charge in [-0.1, -0.05) is 37.4 Å². The van der Waals surface area contributed by atoms with Gasteiger partial charge >= 0.3 is 0 Å². The first kappa shape index (κ1) is 13.9. The predicted octanol–water partition coefficient (Wildman–Crippen LogP) is 4.68. The largest absolute Gasteiger partial charge is 0.389 e. The number of unbranched alkanes of at least 4 members (excludes halogenated alkanes) is 2. The third-order valence-corrected chi connectivity index (χ3v) is 4.03. The molecule has 1 aromatic rings. The zero-order valence-electron chi connectivity index (χ0n) is 9.87. The van der Waals surface area contributed by atoms with Crippen LogP contribution in [0.25, 0.3) is 0 Å². The lowest BCUT2D eigenvalue weighted by Gasteiger charge is -2.08. The molecule has 0 amide bonds. The highest BCUT2D eigenvalue weighted by atomic mass is 35.5. The van der Waals surface area contributed by atoms with Gasteiger partial charge in [-0.05, 0) is 36.8 Å². The Balaban J connectivity index is 2.54. The maximum absolute atomic E-state index is 9.42. The van der Waals surface area contributed by atoms with Gasteiger partial charge in [0, 0.05) is 4.90 Å². The van der Waals surface area contributed by atoms with E-state index in [-0.39, 0.29) is 0 Å². The van der Waals surface area contributed by atoms with Crippen molar-refractivity contribution in [3.8, 4) is 0 Å². The van der Waals surface area contributed by atoms with Crippen LogP contribution in [-0.4, -0.2) is 10.9 Å². The molecule has 0 radical (unpaired) electrons. The van der Waals surface area contributed by atoms with E-state index in [9.17, 15) is 5.11 Å². The number of thioether (sulfide) groups is 1. The first-order chi connectivity index (χ1) is 7.65. The molecule has 0 heterocycles. The lowest BCUT2D eigenvalue weighted by Crippen LogP contribution is -1.91. The normalized spacial score (nSPS) is 12.8. The molecule has 1 rings (SSSR count). The topological polar surface area (TPSA) is 20.2 Å². The Kier molecular flexibility index (Phi) is 6.25. The van der Waals surface area contributed by atoms with Crippen LogP contribution in [0.3, 0.4) is 0 Å². The van der Waals surface area contributed by atoms with E-state index in [1.54, 1.807) is 18.7 Å². The van der Waals surface area contributed by atoms with Crippen LogP contribution in [0.4, 0.5) is 0 Å². The Labute approximate surface area is 107 Å². The summed E-state index contributed by atoms with van der Waals surface area (Å²) in [6, 6.07) is 5.80. The first-order valence-corrected chi connectivity index (χ1v) is 7.11. The van der Waals surface area contributed by atoms with Crippen molar-refractivity contribution in [3.05, 3.63) is 28.8 Å². The third kappa shape index (κ3) is 4.36. The molecule has 0 spiro atoms. The van der Waals surface area contributed by atoms with E-state index in [2.05, 4.69) is 6.92 Å². The minimum atomic E-state index is -0.448. The summed E-state index contributed by atoms with van der Waals surface area (Å²) in [5, 5.41) is 10.2. The molecule has 0 aromatic heterocycles. The molecule has 3 heteroatoms. The Morgan fingerprint density at radius 1 is 1.38 bits per heavy atom. The maximum Gasteiger partial charge on any atom is 0.0762 e. The van der Waals surface area contributed by atoms with Crippen LogP contribution in [0.1, 0.15) is 44.8 Å². The van der Waals surface area contributed by atoms with Crippen molar-refractivity contribution in [2.75, 3.05) is 5.75 Å². The summed E-state index contributed by atoms with van der Waals surface area (Å²) >= 11 is 7.95. The minimum Gasteiger partial charge on any atom is -0.389 e. The summed E-state index contributed by atoms with van der Waals surface area (Å²) in [4.78, 5) is 1.11. The molecule has 1 aromatic carbocycles. The van der Waals surface area contributed by atoms with Crippen LogP contribution < -0.4 is 0 Å². The second-order valence-electron chi connectivity index (χ2n) is 3.92. The number of aliphatic hydroxyl groups is 1. The highest BCUT2D eigenvalue weighted by molar-refractivity contribution is 7.99. The van der Waals surface area contributed by atoms with E-state index in [4.69, 9.17) is 11.6 Å². The zero-order valence-corrected chi connectivity index (χ0v) is 11.4. The van der Waals surface area contributed by atoms with Gasteiger partial charge in [0.15, 0.2) is 0 Å². The summed E-state index contributed by atoms with van der Waals surface area (Å²) in [6.45, 7) is 3.95. The van der Waals surface area contributed by atoms with Gasteiger partial charge in [0.25, 0.3) is 0 Å². The van der Waals surface area contributed by atoms with Crippen LogP contribution in [0.5, 0.6) is 0 Å². The third-order valence-electron chi connectivity index (χ3n) is 2.44. The van der Waals surface area contributed by atoms with Crippen LogP contribution in [0, 0.1) is 0 Å². The molecule has 1 atom stereocenters. The lowest BCUT2D eigenvalue weighted by atomic mass is 10.1. The van der Waals surface area contributed by atoms with Crippen molar-refractivity contribution in [2.45, 2.75) is 44.1 Å². The average molecular weight is 259 g/mol. The highest BCUT2D eigenvalue weighted by Crippen LogP contribution is 2.30. The fraction of sp³-hybridized carbons (Fsp3) is 0.538. The number of benzene rings is 1. The van der Waals surface area contributed by atoms with Crippen molar-refractivity contribution in [3.63, 3.8) is 0 Å². The van der Waals surface area contributed by atoms with Crippen LogP contribution in [0.15, 0.2) is 23.1 Å². The number of hydrogen-bond acceptors (Lipinski definition) is 2. The summed E-state index contributed by atoms with van der Waals surface area (Å²) in [5.74, 6) is 1.11. The number of aliphatic hydroxyl groups excluding tert-OH is 1. The Bertz CT molecular complexity index is 326. The molecule has 0 fully saturated rings. The Morgan fingerprint density at radius 3 is 2.69 bits per heavy atom. The van der Waals surface area contributed by atoms with Crippen LogP contribution in [0.2, 0.25) is 5.02 Å². The van der Waals surface area contributed by atoms with Gasteiger partial charge in [0.2, 0.25) is 0 Å². The standard InChI is InChI=1S/C13H19ClOS/c1-3-4-5-8-16-13-7-6-11(10(2)15)9-12(13)14/h6-7,9-10,15H,3-5,8H2,1-2H3/t10-/m0/s1. The van der Waals surface area contributed by atoms with E-state index >= 15 is 0 Å². The minimum absolute atomic E-state index is 0.448. The molecule has 0 unspecified atom stereocenters. The van der Waals surface area contributed by atoms with E-state index in [1.807, 2.05) is 18.2 Å². The smallest absolute Gasteiger partial charge is 0.0762 e. The fourth-order valence-electron chi connectivity index (χ4n) is 1.43. The molecular formula is C13H19ClOS. The highest BCUT2D eigenvalue weighted by Gasteiger charge is 2.05. The number of hydrogen-bond donors (Lipinski definition) is 1. The van der Waals surface area contributed by atoms with E-state index in [0.29, 0.717) is 0 Å². The molecule has 0 saturated carbocycles. The van der Waals surface area contributed by atoms with Crippen LogP contribution in [-0.2, 0) is 0 Å². The van der Waals surface area contributed by atoms with E-state index in [0.717, 1.165) is 21.2 Å². The van der Waals surface area contributed by atoms with Gasteiger partial charge in [0.1, 0.15) is 0 Å². The zero-order chi connectivity index (χ0) is 12.0. The Morgan fingerprint density at radius 2 is 2.12 bits per heavy atom. The predicted molar refractivity (Wildman–Crippen MR) is 72.3 cm³/mol. The van der Waals surface area contributed by atoms with Gasteiger partial charge in [-0.25, -0.2) is 0 Å². The average Bonchev–Trinajstić information content (AvgIpc) is 2.26. The van der Waals surface area contributed by atoms with Crippen molar-refractivity contribution in [1.29, 1.82) is 0 Å². The molecule has 0 saturated heterocycles. The maximum atomic E-state index is 9.42. The molecule has 16 heavy (non-hydrogen) atoms. The van der Waals surface area contributed by atoms with Crippen molar-refractivity contribution in [2.24, 2.45) is 0 Å². The monoisotopic (exact) mass is 258 g/mol. The van der Waals surface area contributed by atoms with Gasteiger partial charge in [-0.3, -0.25) is 0 Å². The van der Waals surface area contributed by atoms with Gasteiger partial charge in [-0.2, -0.15) is 0 Å². The van der Waals surface area contributed by atoms with Crippen molar-refractivity contribution >= 4 is 23.4 Å². The molecule has 0 aliphatic heterocycles. The van der Waals surface area contributed by atoms with Crippen molar-refractivity contribution < 1.29 is 5.11 Å². The van der Waals surface area contributed by atoms with Crippen molar-refractivity contribution in [1.82, 2.24) is 0 Å². The lowest BCUT2D eigenvalue weighted by molar-refractivity contribution is 0.199. The molecule has 0 aliphatic carbocycles. The summed E-state index contributed by atoms with van der Waals surface area (Å²) in [5.41, 5.74) is 0.878. The Hall–Kier alpha value is -0.180. The van der Waals surface area contributed by atoms with E-state index in [1.165, 1.54) is 19.3 Å². The van der Waals surface area contributed by atoms with Gasteiger partial charge < -0.3 is 5.11 Å². The second-order valence-corrected chi connectivity index (χ2v) is 5.47. The SMILES string of the molecule is CCCCCSc1ccc([C@H](C)O)cc1Cl. The second kappa shape index (κ2) is 7.21. The quantitative estimate of drug-likeness (QED) is 0.591. The van der Waals surface area contributed by atoms with Gasteiger partial charge in [0.05, 0.1) is 11.1 Å². The summed E-state index contributed by atoms with van der Waals surface area (Å²) in [7, 11) is 0. The molecule has 1 N–H and O–H groups in total. The summed E-state index contributed by atoms with van der Waals surface area (Å²) in [6.07, 6.45) is 3.30. The number of rotatable bonds is 6. The molecule has 0 aliphatic rings. The van der Waals surface area contributed by atoms with Crippen LogP contribution >= 0.6 is 23.4 Å². The number of halogens is 1. The molecular weight excluding hydrogens is 240 g/mol. The van der Waals surface area contributed by atoms with E-state index < -0.39 is 6.10 Å². The fourth-order valence-corrected chi connectivity index (χ4v) is 2.71.